The van der Waals surface area contributed by atoms with Gasteiger partial charge in [0.15, 0.2) is 0 Å². The van der Waals surface area contributed by atoms with Crippen LogP contribution in [0.1, 0.15) is 98.2 Å². The van der Waals surface area contributed by atoms with Crippen molar-refractivity contribution in [2.24, 2.45) is 5.92 Å². The standard InChI is InChI=1S/C28H47N3O5/c1-10-11-12-15-31(26(34)22(16-18(2)3)30-27(35)36-28(7,8)9)24(25(33)29-19(4)5)21-13-14-23(32)20(6)17-21/h13-14,17-19,22,24,32H,10-12,15-16H2,1-9H3,(H,29,33)(H,30,35). The number of benzene rings is 1. The SMILES string of the molecule is CCCCCN(C(=O)C(CC(C)C)NC(=O)OC(C)(C)C)C(C(=O)NC(C)C)c1ccc(O)c(C)c1. The molecule has 0 fully saturated rings. The first-order chi connectivity index (χ1) is 16.7. The van der Waals surface area contributed by atoms with Crippen LogP contribution in [0.3, 0.4) is 0 Å². The molecule has 36 heavy (non-hydrogen) atoms. The number of ether oxygens (including phenoxy) is 1. The van der Waals surface area contributed by atoms with Crippen LogP contribution in [0, 0.1) is 12.8 Å². The van der Waals surface area contributed by atoms with Gasteiger partial charge in [-0.2, -0.15) is 0 Å². The number of nitrogens with one attached hydrogen (secondary N) is 2. The number of rotatable bonds is 12. The molecule has 1 rings (SSSR count). The van der Waals surface area contributed by atoms with Gasteiger partial charge in [0, 0.05) is 12.6 Å². The minimum atomic E-state index is -0.911. The molecule has 0 saturated heterocycles. The predicted octanol–water partition coefficient (Wildman–Crippen LogP) is 5.22. The molecule has 204 valence electrons. The average molecular weight is 506 g/mol. The first-order valence-corrected chi connectivity index (χ1v) is 13.1. The van der Waals surface area contributed by atoms with Gasteiger partial charge < -0.3 is 25.4 Å². The quantitative estimate of drug-likeness (QED) is 0.337. The Labute approximate surface area is 217 Å². The van der Waals surface area contributed by atoms with Crippen LogP contribution in [0.5, 0.6) is 5.75 Å². The van der Waals surface area contributed by atoms with Crippen LogP contribution in [-0.4, -0.2) is 52.1 Å². The minimum Gasteiger partial charge on any atom is -0.508 e. The number of amides is 3. The summed E-state index contributed by atoms with van der Waals surface area (Å²) in [7, 11) is 0. The summed E-state index contributed by atoms with van der Waals surface area (Å²) >= 11 is 0. The summed E-state index contributed by atoms with van der Waals surface area (Å²) in [5.41, 5.74) is 0.509. The van der Waals surface area contributed by atoms with Crippen LogP contribution in [0.15, 0.2) is 18.2 Å². The summed E-state index contributed by atoms with van der Waals surface area (Å²) in [5, 5.41) is 15.8. The van der Waals surface area contributed by atoms with E-state index in [9.17, 15) is 19.5 Å². The number of aryl methyl sites for hydroxylation is 1. The fourth-order valence-corrected chi connectivity index (χ4v) is 3.93. The number of hydrogen-bond acceptors (Lipinski definition) is 5. The molecule has 1 aromatic rings. The molecule has 0 saturated carbocycles. The third-order valence-corrected chi connectivity index (χ3v) is 5.51. The highest BCUT2D eigenvalue weighted by atomic mass is 16.6. The van der Waals surface area contributed by atoms with Crippen molar-refractivity contribution in [3.05, 3.63) is 29.3 Å². The fourth-order valence-electron chi connectivity index (χ4n) is 3.93. The first kappa shape index (κ1) is 31.3. The van der Waals surface area contributed by atoms with Gasteiger partial charge in [-0.3, -0.25) is 9.59 Å². The normalized spacial score (nSPS) is 13.3. The maximum Gasteiger partial charge on any atom is 0.408 e. The first-order valence-electron chi connectivity index (χ1n) is 13.1. The van der Waals surface area contributed by atoms with E-state index in [1.54, 1.807) is 50.8 Å². The number of aromatic hydroxyl groups is 1. The fraction of sp³-hybridized carbons (Fsp3) is 0.679. The second-order valence-corrected chi connectivity index (χ2v) is 11.2. The Morgan fingerprint density at radius 1 is 1.06 bits per heavy atom. The molecular formula is C28H47N3O5. The lowest BCUT2D eigenvalue weighted by molar-refractivity contribution is -0.143. The van der Waals surface area contributed by atoms with E-state index < -0.39 is 23.8 Å². The second-order valence-electron chi connectivity index (χ2n) is 11.2. The number of phenols is 1. The lowest BCUT2D eigenvalue weighted by Gasteiger charge is -2.35. The maximum absolute atomic E-state index is 14.1. The minimum absolute atomic E-state index is 0.116. The largest absolute Gasteiger partial charge is 0.508 e. The highest BCUT2D eigenvalue weighted by Gasteiger charge is 2.36. The topological polar surface area (TPSA) is 108 Å². The number of hydrogen-bond donors (Lipinski definition) is 3. The second kappa shape index (κ2) is 14.1. The van der Waals surface area contributed by atoms with Crippen molar-refractivity contribution >= 4 is 17.9 Å². The average Bonchev–Trinajstić information content (AvgIpc) is 2.72. The van der Waals surface area contributed by atoms with Crippen molar-refractivity contribution in [2.45, 2.75) is 112 Å². The smallest absolute Gasteiger partial charge is 0.408 e. The van der Waals surface area contributed by atoms with Gasteiger partial charge in [-0.15, -0.1) is 0 Å². The van der Waals surface area contributed by atoms with Gasteiger partial charge in [-0.1, -0.05) is 39.7 Å². The molecule has 0 aliphatic rings. The lowest BCUT2D eigenvalue weighted by Crippen LogP contribution is -2.54. The molecule has 3 amide bonds. The van der Waals surface area contributed by atoms with Gasteiger partial charge in [0.25, 0.3) is 0 Å². The number of carbonyl (C=O) groups is 3. The Bertz CT molecular complexity index is 876. The van der Waals surface area contributed by atoms with Gasteiger partial charge in [0.2, 0.25) is 11.8 Å². The summed E-state index contributed by atoms with van der Waals surface area (Å²) in [6.45, 7) is 17.2. The molecule has 0 radical (unpaired) electrons. The highest BCUT2D eigenvalue weighted by molar-refractivity contribution is 5.92. The third-order valence-electron chi connectivity index (χ3n) is 5.51. The van der Waals surface area contributed by atoms with Crippen LogP contribution >= 0.6 is 0 Å². The molecule has 0 spiro atoms. The van der Waals surface area contributed by atoms with Crippen LogP contribution in [-0.2, 0) is 14.3 Å². The summed E-state index contributed by atoms with van der Waals surface area (Å²) < 4.78 is 5.42. The molecule has 2 atom stereocenters. The molecule has 1 aromatic carbocycles. The molecule has 8 heteroatoms. The van der Waals surface area contributed by atoms with E-state index in [4.69, 9.17) is 4.74 Å². The van der Waals surface area contributed by atoms with Gasteiger partial charge in [0.05, 0.1) is 0 Å². The van der Waals surface area contributed by atoms with Crippen molar-refractivity contribution in [3.63, 3.8) is 0 Å². The molecule has 0 aliphatic heterocycles. The predicted molar refractivity (Wildman–Crippen MR) is 143 cm³/mol. The zero-order valence-corrected chi connectivity index (χ0v) is 23.6. The number of phenolic OH excluding ortho intramolecular Hbond substituents is 1. The summed E-state index contributed by atoms with van der Waals surface area (Å²) in [5.74, 6) is -0.402. The van der Waals surface area contributed by atoms with Crippen LogP contribution < -0.4 is 10.6 Å². The molecule has 8 nitrogen and oxygen atoms in total. The number of alkyl carbamates (subject to hydrolysis) is 1. The number of carbonyl (C=O) groups excluding carboxylic acids is 3. The van der Waals surface area contributed by atoms with Crippen LogP contribution in [0.2, 0.25) is 0 Å². The van der Waals surface area contributed by atoms with Crippen molar-refractivity contribution in [3.8, 4) is 5.75 Å². The third kappa shape index (κ3) is 10.5. The number of unbranched alkanes of at least 4 members (excludes halogenated alkanes) is 2. The van der Waals surface area contributed by atoms with E-state index >= 15 is 0 Å². The van der Waals surface area contributed by atoms with Gasteiger partial charge in [-0.25, -0.2) is 4.79 Å². The Hall–Kier alpha value is -2.77. The molecule has 0 aromatic heterocycles. The molecule has 2 unspecified atom stereocenters. The summed E-state index contributed by atoms with van der Waals surface area (Å²) in [6.07, 6.45) is 2.29. The van der Waals surface area contributed by atoms with Crippen LogP contribution in [0.4, 0.5) is 4.79 Å². The van der Waals surface area contributed by atoms with Crippen LogP contribution in [0.25, 0.3) is 0 Å². The van der Waals surface area contributed by atoms with Crippen molar-refractivity contribution < 1.29 is 24.2 Å². The van der Waals surface area contributed by atoms with E-state index in [1.165, 1.54) is 0 Å². The van der Waals surface area contributed by atoms with E-state index in [-0.39, 0.29) is 29.5 Å². The molecular weight excluding hydrogens is 458 g/mol. The van der Waals surface area contributed by atoms with Gasteiger partial charge in [0.1, 0.15) is 23.4 Å². The molecule has 0 aliphatic carbocycles. The van der Waals surface area contributed by atoms with Gasteiger partial charge in [-0.05, 0) is 83.6 Å². The van der Waals surface area contributed by atoms with Gasteiger partial charge >= 0.3 is 6.09 Å². The lowest BCUT2D eigenvalue weighted by atomic mass is 9.97. The Balaban J connectivity index is 3.52. The van der Waals surface area contributed by atoms with Crippen molar-refractivity contribution in [1.29, 1.82) is 0 Å². The zero-order chi connectivity index (χ0) is 27.6. The van der Waals surface area contributed by atoms with Crippen molar-refractivity contribution in [2.75, 3.05) is 6.54 Å². The highest BCUT2D eigenvalue weighted by Crippen LogP contribution is 2.28. The zero-order valence-electron chi connectivity index (χ0n) is 23.6. The molecule has 0 bridgehead atoms. The Morgan fingerprint density at radius 3 is 2.19 bits per heavy atom. The van der Waals surface area contributed by atoms with Crippen molar-refractivity contribution in [1.82, 2.24) is 15.5 Å². The monoisotopic (exact) mass is 505 g/mol. The summed E-state index contributed by atoms with van der Waals surface area (Å²) in [4.78, 5) is 41.8. The van der Waals surface area contributed by atoms with E-state index in [0.29, 0.717) is 30.5 Å². The van der Waals surface area contributed by atoms with E-state index in [0.717, 1.165) is 12.8 Å². The summed E-state index contributed by atoms with van der Waals surface area (Å²) in [6, 6.07) is 3.06. The Morgan fingerprint density at radius 2 is 1.69 bits per heavy atom. The van der Waals surface area contributed by atoms with E-state index in [2.05, 4.69) is 17.6 Å². The maximum atomic E-state index is 14.1. The number of nitrogens with zero attached hydrogens (tertiary/aromatic N) is 1. The molecule has 3 N–H and O–H groups in total. The van der Waals surface area contributed by atoms with E-state index in [1.807, 2.05) is 27.7 Å². The molecule has 0 heterocycles. The Kier molecular flexibility index (Phi) is 12.2.